The maximum atomic E-state index is 10.5. The van der Waals surface area contributed by atoms with E-state index < -0.39 is 12.0 Å². The third-order valence-electron chi connectivity index (χ3n) is 1.06. The smallest absolute Gasteiger partial charge is 0.407 e. The molecule has 0 aliphatic carbocycles. The van der Waals surface area contributed by atoms with Crippen molar-refractivity contribution in [3.05, 3.63) is 0 Å². The molecule has 5 nitrogen and oxygen atoms in total. The number of ether oxygens (including phenoxy) is 1. The van der Waals surface area contributed by atoms with Gasteiger partial charge in [-0.3, -0.25) is 4.79 Å². The van der Waals surface area contributed by atoms with Crippen LogP contribution in [0.4, 0.5) is 4.79 Å². The number of carbonyl (C=O) groups excluding carboxylic acids is 2. The molecule has 1 atom stereocenters. The third-order valence-corrected chi connectivity index (χ3v) is 1.06. The standard InChI is InChI=1S/C6H12N2O3/c1-4(3-5(7)9)8-6(10)11-2/h4H,3H2,1-2H3,(H2,7,9)(H,8,10). The zero-order chi connectivity index (χ0) is 8.85. The van der Waals surface area contributed by atoms with E-state index in [9.17, 15) is 9.59 Å². The van der Waals surface area contributed by atoms with E-state index in [1.807, 2.05) is 0 Å². The molecule has 11 heavy (non-hydrogen) atoms. The van der Waals surface area contributed by atoms with Crippen LogP contribution in [0.1, 0.15) is 13.3 Å². The molecule has 0 saturated heterocycles. The third kappa shape index (κ3) is 5.20. The van der Waals surface area contributed by atoms with Gasteiger partial charge in [0.15, 0.2) is 0 Å². The molecule has 0 aromatic rings. The summed E-state index contributed by atoms with van der Waals surface area (Å²) in [6.45, 7) is 1.67. The number of hydrogen-bond acceptors (Lipinski definition) is 3. The minimum Gasteiger partial charge on any atom is -0.453 e. The Labute approximate surface area is 64.9 Å². The summed E-state index contributed by atoms with van der Waals surface area (Å²) in [7, 11) is 1.26. The van der Waals surface area contributed by atoms with Gasteiger partial charge in [0, 0.05) is 12.5 Å². The molecule has 1 unspecified atom stereocenters. The Morgan fingerprint density at radius 1 is 1.64 bits per heavy atom. The van der Waals surface area contributed by atoms with Crippen LogP contribution in [0.15, 0.2) is 0 Å². The molecule has 0 fully saturated rings. The predicted octanol–water partition coefficient (Wildman–Crippen LogP) is -0.394. The lowest BCUT2D eigenvalue weighted by molar-refractivity contribution is -0.118. The fraction of sp³-hybridized carbons (Fsp3) is 0.667. The molecule has 5 heteroatoms. The van der Waals surface area contributed by atoms with Crippen LogP contribution in [0.2, 0.25) is 0 Å². The first-order valence-electron chi connectivity index (χ1n) is 3.19. The minimum absolute atomic E-state index is 0.120. The molecule has 0 bridgehead atoms. The summed E-state index contributed by atoms with van der Waals surface area (Å²) >= 11 is 0. The SMILES string of the molecule is COC(=O)NC(C)CC(N)=O. The minimum atomic E-state index is -0.557. The fourth-order valence-corrected chi connectivity index (χ4v) is 0.613. The Morgan fingerprint density at radius 3 is 2.55 bits per heavy atom. The van der Waals surface area contributed by atoms with Crippen LogP contribution in [0, 0.1) is 0 Å². The number of amides is 2. The van der Waals surface area contributed by atoms with Crippen molar-refractivity contribution in [1.29, 1.82) is 0 Å². The molecule has 0 aliphatic heterocycles. The summed E-state index contributed by atoms with van der Waals surface area (Å²) in [5.41, 5.74) is 4.88. The number of alkyl carbamates (subject to hydrolysis) is 1. The Morgan fingerprint density at radius 2 is 2.18 bits per heavy atom. The molecule has 0 aromatic carbocycles. The van der Waals surface area contributed by atoms with Crippen LogP contribution in [-0.4, -0.2) is 25.2 Å². The summed E-state index contributed by atoms with van der Waals surface area (Å²) in [6.07, 6.45) is -0.437. The highest BCUT2D eigenvalue weighted by Gasteiger charge is 2.08. The highest BCUT2D eigenvalue weighted by atomic mass is 16.5. The Bertz CT molecular complexity index is 158. The largest absolute Gasteiger partial charge is 0.453 e. The maximum Gasteiger partial charge on any atom is 0.407 e. The van der Waals surface area contributed by atoms with E-state index >= 15 is 0 Å². The topological polar surface area (TPSA) is 81.4 Å². The van der Waals surface area contributed by atoms with Crippen molar-refractivity contribution >= 4 is 12.0 Å². The monoisotopic (exact) mass is 160 g/mol. The lowest BCUT2D eigenvalue weighted by atomic mass is 10.2. The maximum absolute atomic E-state index is 10.5. The molecule has 0 aromatic heterocycles. The van der Waals surface area contributed by atoms with Crippen molar-refractivity contribution in [2.75, 3.05) is 7.11 Å². The van der Waals surface area contributed by atoms with Gasteiger partial charge in [-0.25, -0.2) is 4.79 Å². The van der Waals surface area contributed by atoms with Gasteiger partial charge in [-0.05, 0) is 6.92 Å². The van der Waals surface area contributed by atoms with Crippen molar-refractivity contribution < 1.29 is 14.3 Å². The number of nitrogens with one attached hydrogen (secondary N) is 1. The van der Waals surface area contributed by atoms with E-state index in [2.05, 4.69) is 10.1 Å². The lowest BCUT2D eigenvalue weighted by Crippen LogP contribution is -2.35. The second-order valence-electron chi connectivity index (χ2n) is 2.21. The Kier molecular flexibility index (Phi) is 4.02. The van der Waals surface area contributed by atoms with E-state index in [4.69, 9.17) is 5.73 Å². The first-order chi connectivity index (χ1) is 5.06. The van der Waals surface area contributed by atoms with Crippen molar-refractivity contribution in [2.24, 2.45) is 5.73 Å². The normalized spacial score (nSPS) is 11.8. The number of carbonyl (C=O) groups is 2. The molecular weight excluding hydrogens is 148 g/mol. The fourth-order valence-electron chi connectivity index (χ4n) is 0.613. The van der Waals surface area contributed by atoms with Crippen LogP contribution >= 0.6 is 0 Å². The van der Waals surface area contributed by atoms with Crippen LogP contribution in [0.3, 0.4) is 0 Å². The molecule has 3 N–H and O–H groups in total. The van der Waals surface area contributed by atoms with Crippen molar-refractivity contribution in [2.45, 2.75) is 19.4 Å². The molecule has 0 rings (SSSR count). The highest BCUT2D eigenvalue weighted by molar-refractivity contribution is 5.75. The van der Waals surface area contributed by atoms with Crippen LogP contribution in [0.5, 0.6) is 0 Å². The number of nitrogens with two attached hydrogens (primary N) is 1. The molecule has 0 spiro atoms. The van der Waals surface area contributed by atoms with Crippen LogP contribution < -0.4 is 11.1 Å². The van der Waals surface area contributed by atoms with E-state index in [1.54, 1.807) is 6.92 Å². The van der Waals surface area contributed by atoms with Gasteiger partial charge in [0.1, 0.15) is 0 Å². The number of rotatable bonds is 3. The molecule has 0 heterocycles. The van der Waals surface area contributed by atoms with Gasteiger partial charge in [0.2, 0.25) is 5.91 Å². The van der Waals surface area contributed by atoms with Crippen molar-refractivity contribution in [3.8, 4) is 0 Å². The predicted molar refractivity (Wildman–Crippen MR) is 38.8 cm³/mol. The summed E-state index contributed by atoms with van der Waals surface area (Å²) < 4.78 is 4.30. The quantitative estimate of drug-likeness (QED) is 0.589. The number of hydrogen-bond donors (Lipinski definition) is 2. The Hall–Kier alpha value is -1.26. The van der Waals surface area contributed by atoms with Crippen LogP contribution in [-0.2, 0) is 9.53 Å². The molecule has 0 saturated carbocycles. The van der Waals surface area contributed by atoms with E-state index in [0.29, 0.717) is 0 Å². The first-order valence-corrected chi connectivity index (χ1v) is 3.19. The number of primary amides is 1. The average Bonchev–Trinajstić information content (AvgIpc) is 1.85. The van der Waals surface area contributed by atoms with E-state index in [1.165, 1.54) is 7.11 Å². The van der Waals surface area contributed by atoms with Gasteiger partial charge in [-0.2, -0.15) is 0 Å². The van der Waals surface area contributed by atoms with Gasteiger partial charge in [0.25, 0.3) is 0 Å². The summed E-state index contributed by atoms with van der Waals surface area (Å²) in [6, 6.07) is -0.278. The molecular formula is C6H12N2O3. The van der Waals surface area contributed by atoms with E-state index in [-0.39, 0.29) is 12.5 Å². The van der Waals surface area contributed by atoms with Gasteiger partial charge < -0.3 is 15.8 Å². The second-order valence-corrected chi connectivity index (χ2v) is 2.21. The highest BCUT2D eigenvalue weighted by Crippen LogP contribution is 1.88. The Balaban J connectivity index is 3.60. The van der Waals surface area contributed by atoms with Gasteiger partial charge >= 0.3 is 6.09 Å². The van der Waals surface area contributed by atoms with Crippen LogP contribution in [0.25, 0.3) is 0 Å². The van der Waals surface area contributed by atoms with E-state index in [0.717, 1.165) is 0 Å². The zero-order valence-corrected chi connectivity index (χ0v) is 6.59. The molecule has 64 valence electrons. The molecule has 0 radical (unpaired) electrons. The molecule has 2 amide bonds. The average molecular weight is 160 g/mol. The van der Waals surface area contributed by atoms with Gasteiger partial charge in [-0.15, -0.1) is 0 Å². The summed E-state index contributed by atoms with van der Waals surface area (Å²) in [4.78, 5) is 20.8. The lowest BCUT2D eigenvalue weighted by Gasteiger charge is -2.09. The van der Waals surface area contributed by atoms with Gasteiger partial charge in [-0.1, -0.05) is 0 Å². The first kappa shape index (κ1) is 9.74. The second kappa shape index (κ2) is 4.54. The van der Waals surface area contributed by atoms with Gasteiger partial charge in [0.05, 0.1) is 7.11 Å². The summed E-state index contributed by atoms with van der Waals surface area (Å²) in [5.74, 6) is -0.450. The zero-order valence-electron chi connectivity index (χ0n) is 6.59. The molecule has 0 aliphatic rings. The van der Waals surface area contributed by atoms with Crippen molar-refractivity contribution in [1.82, 2.24) is 5.32 Å². The number of methoxy groups -OCH3 is 1. The summed E-state index contributed by atoms with van der Waals surface area (Å²) in [5, 5.41) is 2.40. The van der Waals surface area contributed by atoms with Crippen molar-refractivity contribution in [3.63, 3.8) is 0 Å².